The van der Waals surface area contributed by atoms with Crippen molar-refractivity contribution in [3.05, 3.63) is 29.0 Å². The molecule has 2 atom stereocenters. The Kier molecular flexibility index (Phi) is 4.28. The predicted molar refractivity (Wildman–Crippen MR) is 54.1 cm³/mol. The molecule has 0 spiro atoms. The first kappa shape index (κ1) is 11.4. The molecule has 0 amide bonds. The monoisotopic (exact) mass is 216 g/mol. The van der Waals surface area contributed by atoms with Crippen LogP contribution < -0.4 is 5.32 Å². The smallest absolute Gasteiger partial charge is 0.129 e. The van der Waals surface area contributed by atoms with Gasteiger partial charge in [-0.1, -0.05) is 17.7 Å². The van der Waals surface area contributed by atoms with Gasteiger partial charge in [0, 0.05) is 18.3 Å². The molecule has 1 rings (SSSR count). The van der Waals surface area contributed by atoms with Crippen molar-refractivity contribution >= 4 is 11.6 Å². The Morgan fingerprint density at radius 1 is 1.50 bits per heavy atom. The second-order valence-corrected chi connectivity index (χ2v) is 3.37. The van der Waals surface area contributed by atoms with Crippen molar-refractivity contribution in [1.29, 1.82) is 0 Å². The molecule has 1 heterocycles. The summed E-state index contributed by atoms with van der Waals surface area (Å²) in [5.41, 5.74) is 0.553. The molecule has 4 nitrogen and oxygen atoms in total. The Balaban J connectivity index is 2.68. The third-order valence-corrected chi connectivity index (χ3v) is 2.09. The lowest BCUT2D eigenvalue weighted by Gasteiger charge is -2.17. The summed E-state index contributed by atoms with van der Waals surface area (Å²) in [6.07, 6.45) is -0.332. The summed E-state index contributed by atoms with van der Waals surface area (Å²) in [7, 11) is 1.70. The van der Waals surface area contributed by atoms with Crippen LogP contribution in [0.25, 0.3) is 0 Å². The van der Waals surface area contributed by atoms with Gasteiger partial charge in [0.1, 0.15) is 11.3 Å². The van der Waals surface area contributed by atoms with Crippen molar-refractivity contribution in [2.75, 3.05) is 13.6 Å². The average molecular weight is 217 g/mol. The maximum Gasteiger partial charge on any atom is 0.129 e. The molecule has 0 saturated carbocycles. The van der Waals surface area contributed by atoms with Crippen LogP contribution in [-0.2, 0) is 0 Å². The third kappa shape index (κ3) is 2.92. The second kappa shape index (κ2) is 5.26. The molecule has 5 heteroatoms. The Morgan fingerprint density at radius 3 is 2.71 bits per heavy atom. The first-order valence-electron chi connectivity index (χ1n) is 4.27. The molecular formula is C9H13ClN2O2. The number of rotatable bonds is 4. The quantitative estimate of drug-likeness (QED) is 0.636. The molecule has 0 aliphatic rings. The zero-order valence-corrected chi connectivity index (χ0v) is 8.57. The Hall–Kier alpha value is -0.680. The van der Waals surface area contributed by atoms with Gasteiger partial charge in [0.15, 0.2) is 0 Å². The van der Waals surface area contributed by atoms with Gasteiger partial charge in [-0.05, 0) is 13.1 Å². The SMILES string of the molecule is CNCC(O)C(O)c1ccc(Cl)nc1. The largest absolute Gasteiger partial charge is 0.389 e. The van der Waals surface area contributed by atoms with Crippen LogP contribution in [-0.4, -0.2) is 34.9 Å². The molecule has 2 unspecified atom stereocenters. The van der Waals surface area contributed by atoms with E-state index < -0.39 is 12.2 Å². The number of hydrogen-bond acceptors (Lipinski definition) is 4. The molecule has 78 valence electrons. The number of pyridine rings is 1. The van der Waals surface area contributed by atoms with Gasteiger partial charge in [0.2, 0.25) is 0 Å². The third-order valence-electron chi connectivity index (χ3n) is 1.87. The second-order valence-electron chi connectivity index (χ2n) is 2.98. The number of halogens is 1. The molecule has 0 bridgehead atoms. The first-order chi connectivity index (χ1) is 6.65. The van der Waals surface area contributed by atoms with E-state index in [0.29, 0.717) is 17.3 Å². The van der Waals surface area contributed by atoms with Gasteiger partial charge in [-0.25, -0.2) is 4.98 Å². The first-order valence-corrected chi connectivity index (χ1v) is 4.65. The van der Waals surface area contributed by atoms with Crippen molar-refractivity contribution in [3.8, 4) is 0 Å². The van der Waals surface area contributed by atoms with Gasteiger partial charge < -0.3 is 15.5 Å². The molecule has 0 saturated heterocycles. The molecule has 1 aromatic rings. The van der Waals surface area contributed by atoms with Crippen LogP contribution in [0.3, 0.4) is 0 Å². The highest BCUT2D eigenvalue weighted by Gasteiger charge is 2.17. The van der Waals surface area contributed by atoms with Gasteiger partial charge in [-0.2, -0.15) is 0 Å². The Morgan fingerprint density at radius 2 is 2.21 bits per heavy atom. The highest BCUT2D eigenvalue weighted by Crippen LogP contribution is 2.16. The maximum atomic E-state index is 9.64. The Bertz CT molecular complexity index is 279. The normalized spacial score (nSPS) is 15.1. The van der Waals surface area contributed by atoms with Crippen LogP contribution in [0.2, 0.25) is 5.15 Å². The maximum absolute atomic E-state index is 9.64. The van der Waals surface area contributed by atoms with E-state index in [4.69, 9.17) is 11.6 Å². The van der Waals surface area contributed by atoms with E-state index >= 15 is 0 Å². The van der Waals surface area contributed by atoms with Gasteiger partial charge in [0.05, 0.1) is 6.10 Å². The van der Waals surface area contributed by atoms with Crippen LogP contribution in [0, 0.1) is 0 Å². The van der Waals surface area contributed by atoms with Crippen LogP contribution >= 0.6 is 11.6 Å². The van der Waals surface area contributed by atoms with E-state index in [9.17, 15) is 10.2 Å². The van der Waals surface area contributed by atoms with E-state index in [1.54, 1.807) is 19.2 Å². The number of nitrogens with zero attached hydrogens (tertiary/aromatic N) is 1. The number of aliphatic hydroxyl groups excluding tert-OH is 2. The summed E-state index contributed by atoms with van der Waals surface area (Å²) in [4.78, 5) is 3.82. The van der Waals surface area contributed by atoms with Crippen molar-refractivity contribution in [3.63, 3.8) is 0 Å². The fourth-order valence-electron chi connectivity index (χ4n) is 1.11. The van der Waals surface area contributed by atoms with Gasteiger partial charge in [-0.15, -0.1) is 0 Å². The van der Waals surface area contributed by atoms with E-state index in [1.807, 2.05) is 0 Å². The minimum atomic E-state index is -0.938. The molecule has 3 N–H and O–H groups in total. The van der Waals surface area contributed by atoms with Crippen LogP contribution in [0.15, 0.2) is 18.3 Å². The van der Waals surface area contributed by atoms with Crippen LogP contribution in [0.4, 0.5) is 0 Å². The summed E-state index contributed by atoms with van der Waals surface area (Å²) in [5, 5.41) is 22.2. The van der Waals surface area contributed by atoms with Gasteiger partial charge in [-0.3, -0.25) is 0 Å². The molecule has 0 aliphatic heterocycles. The number of aliphatic hydroxyl groups is 2. The van der Waals surface area contributed by atoms with Crippen molar-refractivity contribution < 1.29 is 10.2 Å². The van der Waals surface area contributed by atoms with E-state index in [-0.39, 0.29) is 0 Å². The minimum absolute atomic E-state index is 0.323. The molecule has 14 heavy (non-hydrogen) atoms. The molecule has 0 radical (unpaired) electrons. The summed E-state index contributed by atoms with van der Waals surface area (Å²) >= 11 is 5.59. The predicted octanol–water partition coefficient (Wildman–Crippen LogP) is 0.349. The van der Waals surface area contributed by atoms with Crippen molar-refractivity contribution in [1.82, 2.24) is 10.3 Å². The zero-order valence-electron chi connectivity index (χ0n) is 7.81. The van der Waals surface area contributed by atoms with Gasteiger partial charge >= 0.3 is 0 Å². The molecule has 0 fully saturated rings. The molecular weight excluding hydrogens is 204 g/mol. The topological polar surface area (TPSA) is 65.4 Å². The van der Waals surface area contributed by atoms with Crippen LogP contribution in [0.1, 0.15) is 11.7 Å². The lowest BCUT2D eigenvalue weighted by Crippen LogP contribution is -2.29. The van der Waals surface area contributed by atoms with Crippen molar-refractivity contribution in [2.24, 2.45) is 0 Å². The van der Waals surface area contributed by atoms with E-state index in [0.717, 1.165) is 0 Å². The summed E-state index contributed by atoms with van der Waals surface area (Å²) in [6, 6.07) is 3.21. The average Bonchev–Trinajstić information content (AvgIpc) is 2.18. The molecule has 0 aromatic carbocycles. The highest BCUT2D eigenvalue weighted by molar-refractivity contribution is 6.29. The van der Waals surface area contributed by atoms with Gasteiger partial charge in [0.25, 0.3) is 0 Å². The molecule has 0 aliphatic carbocycles. The Labute approximate surface area is 87.6 Å². The van der Waals surface area contributed by atoms with E-state index in [2.05, 4.69) is 10.3 Å². The number of hydrogen-bond donors (Lipinski definition) is 3. The summed E-state index contributed by atoms with van der Waals surface area (Å²) in [6.45, 7) is 0.323. The number of aromatic nitrogens is 1. The zero-order chi connectivity index (χ0) is 10.6. The summed E-state index contributed by atoms with van der Waals surface area (Å²) in [5.74, 6) is 0. The number of nitrogens with one attached hydrogen (secondary N) is 1. The highest BCUT2D eigenvalue weighted by atomic mass is 35.5. The standard InChI is InChI=1S/C9H13ClN2O2/c1-11-5-7(13)9(14)6-2-3-8(10)12-4-6/h2-4,7,9,11,13-14H,5H2,1H3. The van der Waals surface area contributed by atoms with E-state index in [1.165, 1.54) is 6.20 Å². The fourth-order valence-corrected chi connectivity index (χ4v) is 1.22. The van der Waals surface area contributed by atoms with Crippen molar-refractivity contribution in [2.45, 2.75) is 12.2 Å². The molecule has 1 aromatic heterocycles. The lowest BCUT2D eigenvalue weighted by molar-refractivity contribution is 0.0200. The fraction of sp³-hybridized carbons (Fsp3) is 0.444. The summed E-state index contributed by atoms with van der Waals surface area (Å²) < 4.78 is 0. The number of likely N-dealkylation sites (N-methyl/N-ethyl adjacent to an activating group) is 1. The van der Waals surface area contributed by atoms with Crippen LogP contribution in [0.5, 0.6) is 0 Å². The minimum Gasteiger partial charge on any atom is -0.389 e. The lowest BCUT2D eigenvalue weighted by atomic mass is 10.1.